The fraction of sp³-hybridized carbons (Fsp3) is 0.222. The van der Waals surface area contributed by atoms with Crippen LogP contribution in [0.15, 0.2) is 18.2 Å². The number of nitro groups is 1. The van der Waals surface area contributed by atoms with Crippen LogP contribution in [0.5, 0.6) is 0 Å². The maximum Gasteiger partial charge on any atom is 0.274 e. The van der Waals surface area contributed by atoms with E-state index in [0.29, 0.717) is 5.02 Å². The summed E-state index contributed by atoms with van der Waals surface area (Å²) in [4.78, 5) is 10.1. The van der Waals surface area contributed by atoms with E-state index in [1.54, 1.807) is 0 Å². The molecule has 86 valence electrons. The average Bonchev–Trinajstić information content (AvgIpc) is 2.17. The Morgan fingerprint density at radius 1 is 1.62 bits per heavy atom. The van der Waals surface area contributed by atoms with Gasteiger partial charge in [-0.1, -0.05) is 11.6 Å². The van der Waals surface area contributed by atoms with Crippen molar-refractivity contribution < 1.29 is 4.92 Å². The number of nitriles is 1. The summed E-state index contributed by atoms with van der Waals surface area (Å²) in [5.74, 6) is 0. The first-order valence-corrected chi connectivity index (χ1v) is 4.50. The molecule has 0 aromatic heterocycles. The van der Waals surface area contributed by atoms with E-state index in [9.17, 15) is 10.1 Å². The average molecular weight is 262 g/mol. The van der Waals surface area contributed by atoms with Gasteiger partial charge >= 0.3 is 0 Å². The molecule has 0 aliphatic rings. The first kappa shape index (κ1) is 14.6. The van der Waals surface area contributed by atoms with Gasteiger partial charge in [0.05, 0.1) is 17.4 Å². The molecule has 1 rings (SSSR count). The first-order chi connectivity index (χ1) is 7.06. The monoisotopic (exact) mass is 261 g/mol. The number of rotatable bonds is 3. The van der Waals surface area contributed by atoms with Gasteiger partial charge in [-0.25, -0.2) is 0 Å². The third-order valence-electron chi connectivity index (χ3n) is 1.90. The molecule has 2 N–H and O–H groups in total. The molecule has 16 heavy (non-hydrogen) atoms. The predicted molar refractivity (Wildman–Crippen MR) is 62.5 cm³/mol. The summed E-state index contributed by atoms with van der Waals surface area (Å²) >= 11 is 5.70. The number of halogens is 2. The van der Waals surface area contributed by atoms with Crippen molar-refractivity contribution in [2.45, 2.75) is 12.5 Å². The largest absolute Gasteiger partial charge is 0.323 e. The van der Waals surface area contributed by atoms with Crippen molar-refractivity contribution in [2.75, 3.05) is 0 Å². The van der Waals surface area contributed by atoms with E-state index in [-0.39, 0.29) is 30.1 Å². The summed E-state index contributed by atoms with van der Waals surface area (Å²) in [5.41, 5.74) is 5.80. The molecule has 0 fully saturated rings. The van der Waals surface area contributed by atoms with Crippen LogP contribution in [-0.2, 0) is 0 Å². The number of hydrogen-bond donors (Lipinski definition) is 1. The molecule has 1 atom stereocenters. The molecule has 0 unspecified atom stereocenters. The van der Waals surface area contributed by atoms with Crippen LogP contribution >= 0.6 is 24.0 Å². The van der Waals surface area contributed by atoms with E-state index in [2.05, 4.69) is 0 Å². The molecule has 1 aromatic carbocycles. The Balaban J connectivity index is 0.00000225. The number of hydrogen-bond acceptors (Lipinski definition) is 4. The minimum Gasteiger partial charge on any atom is -0.323 e. The highest BCUT2D eigenvalue weighted by Gasteiger charge is 2.19. The second-order valence-corrected chi connectivity index (χ2v) is 3.37. The molecular weight excluding hydrogens is 253 g/mol. The standard InChI is InChI=1S/C9H8ClN3O2.ClH/c10-6-1-2-9(13(14)15)7(5-6)8(12)3-4-11;/h1-2,5,8H,3,12H2;1H/t8-;/m0./s1. The Morgan fingerprint density at radius 3 is 2.75 bits per heavy atom. The molecule has 1 aromatic rings. The van der Waals surface area contributed by atoms with Crippen molar-refractivity contribution in [3.63, 3.8) is 0 Å². The van der Waals surface area contributed by atoms with Gasteiger partial charge in [0.1, 0.15) is 0 Å². The van der Waals surface area contributed by atoms with Crippen molar-refractivity contribution in [2.24, 2.45) is 5.73 Å². The van der Waals surface area contributed by atoms with E-state index in [1.165, 1.54) is 18.2 Å². The van der Waals surface area contributed by atoms with Gasteiger partial charge in [0, 0.05) is 22.7 Å². The Bertz CT molecular complexity index is 431. The SMILES string of the molecule is Cl.N#CC[C@H](N)c1cc(Cl)ccc1[N+](=O)[O-]. The van der Waals surface area contributed by atoms with Crippen LogP contribution in [0.25, 0.3) is 0 Å². The third kappa shape index (κ3) is 3.35. The molecule has 0 aliphatic carbocycles. The van der Waals surface area contributed by atoms with Crippen LogP contribution < -0.4 is 5.73 Å². The number of benzene rings is 1. The summed E-state index contributed by atoms with van der Waals surface area (Å²) in [6.45, 7) is 0. The maximum absolute atomic E-state index is 10.7. The quantitative estimate of drug-likeness (QED) is 0.669. The predicted octanol–water partition coefficient (Wildman–Crippen LogP) is 2.58. The van der Waals surface area contributed by atoms with Gasteiger partial charge in [-0.2, -0.15) is 5.26 Å². The van der Waals surface area contributed by atoms with Crippen molar-refractivity contribution in [1.82, 2.24) is 0 Å². The topological polar surface area (TPSA) is 93.0 Å². The number of nitrogens with two attached hydrogens (primary N) is 1. The van der Waals surface area contributed by atoms with Crippen molar-refractivity contribution >= 4 is 29.7 Å². The van der Waals surface area contributed by atoms with Crippen LogP contribution in [0, 0.1) is 21.4 Å². The van der Waals surface area contributed by atoms with Crippen LogP contribution in [0.3, 0.4) is 0 Å². The number of nitro benzene ring substituents is 1. The zero-order valence-corrected chi connectivity index (χ0v) is 9.66. The lowest BCUT2D eigenvalue weighted by molar-refractivity contribution is -0.385. The Hall–Kier alpha value is -1.35. The summed E-state index contributed by atoms with van der Waals surface area (Å²) in [5, 5.41) is 19.5. The highest BCUT2D eigenvalue weighted by atomic mass is 35.5. The zero-order chi connectivity index (χ0) is 11.4. The van der Waals surface area contributed by atoms with Crippen LogP contribution in [0.2, 0.25) is 5.02 Å². The van der Waals surface area contributed by atoms with Gasteiger partial charge in [-0.15, -0.1) is 12.4 Å². The molecule has 0 spiro atoms. The molecule has 0 aliphatic heterocycles. The van der Waals surface area contributed by atoms with E-state index < -0.39 is 11.0 Å². The van der Waals surface area contributed by atoms with Gasteiger partial charge in [-0.05, 0) is 12.1 Å². The lowest BCUT2D eigenvalue weighted by Gasteiger charge is -2.08. The maximum atomic E-state index is 10.7. The third-order valence-corrected chi connectivity index (χ3v) is 2.13. The van der Waals surface area contributed by atoms with Crippen molar-refractivity contribution in [3.8, 4) is 6.07 Å². The Kier molecular flexibility index (Phi) is 5.75. The first-order valence-electron chi connectivity index (χ1n) is 4.12. The fourth-order valence-electron chi connectivity index (χ4n) is 1.20. The molecular formula is C9H9Cl2N3O2. The molecule has 0 saturated heterocycles. The van der Waals surface area contributed by atoms with E-state index in [1.807, 2.05) is 6.07 Å². The Labute approximate surface area is 103 Å². The minimum absolute atomic E-state index is 0. The minimum atomic E-state index is -0.686. The molecule has 0 saturated carbocycles. The van der Waals surface area contributed by atoms with Gasteiger partial charge in [0.2, 0.25) is 0 Å². The zero-order valence-electron chi connectivity index (χ0n) is 8.09. The molecule has 0 bridgehead atoms. The highest BCUT2D eigenvalue weighted by molar-refractivity contribution is 6.30. The molecule has 0 amide bonds. The van der Waals surface area contributed by atoms with Gasteiger partial charge < -0.3 is 5.73 Å². The van der Waals surface area contributed by atoms with Crippen LogP contribution in [-0.4, -0.2) is 4.92 Å². The second-order valence-electron chi connectivity index (χ2n) is 2.93. The second kappa shape index (κ2) is 6.28. The molecule has 5 nitrogen and oxygen atoms in total. The van der Waals surface area contributed by atoms with E-state index in [4.69, 9.17) is 22.6 Å². The smallest absolute Gasteiger partial charge is 0.274 e. The van der Waals surface area contributed by atoms with Crippen LogP contribution in [0.1, 0.15) is 18.0 Å². The summed E-state index contributed by atoms with van der Waals surface area (Å²) in [6.07, 6.45) is 0.0151. The van der Waals surface area contributed by atoms with Crippen molar-refractivity contribution in [1.29, 1.82) is 5.26 Å². The molecule has 0 radical (unpaired) electrons. The lowest BCUT2D eigenvalue weighted by atomic mass is 10.0. The van der Waals surface area contributed by atoms with Gasteiger partial charge in [0.15, 0.2) is 0 Å². The molecule has 0 heterocycles. The normalized spacial score (nSPS) is 11.1. The van der Waals surface area contributed by atoms with Gasteiger partial charge in [-0.3, -0.25) is 10.1 Å². The van der Waals surface area contributed by atoms with Crippen molar-refractivity contribution in [3.05, 3.63) is 38.9 Å². The lowest BCUT2D eigenvalue weighted by Crippen LogP contribution is -2.11. The summed E-state index contributed by atoms with van der Waals surface area (Å²) < 4.78 is 0. The van der Waals surface area contributed by atoms with Gasteiger partial charge in [0.25, 0.3) is 5.69 Å². The molecule has 7 heteroatoms. The Morgan fingerprint density at radius 2 is 2.25 bits per heavy atom. The summed E-state index contributed by atoms with van der Waals surface area (Å²) in [7, 11) is 0. The van der Waals surface area contributed by atoms with E-state index in [0.717, 1.165) is 0 Å². The fourth-order valence-corrected chi connectivity index (χ4v) is 1.38. The summed E-state index contributed by atoms with van der Waals surface area (Å²) in [6, 6.07) is 5.30. The van der Waals surface area contributed by atoms with E-state index >= 15 is 0 Å². The highest BCUT2D eigenvalue weighted by Crippen LogP contribution is 2.28. The van der Waals surface area contributed by atoms with Crippen LogP contribution in [0.4, 0.5) is 5.69 Å². The number of nitrogens with zero attached hydrogens (tertiary/aromatic N) is 2.